The van der Waals surface area contributed by atoms with Crippen molar-refractivity contribution in [2.24, 2.45) is 5.92 Å². The molecule has 2 aromatic rings. The van der Waals surface area contributed by atoms with Crippen LogP contribution in [0.5, 0.6) is 0 Å². The van der Waals surface area contributed by atoms with Gasteiger partial charge in [-0.15, -0.1) is 22.7 Å². The van der Waals surface area contributed by atoms with Gasteiger partial charge in [0.25, 0.3) is 5.56 Å². The lowest BCUT2D eigenvalue weighted by atomic mass is 10.2. The molecular formula is C18H22N2O4S2. The number of aromatic nitrogens is 1. The van der Waals surface area contributed by atoms with E-state index in [-0.39, 0.29) is 24.6 Å². The van der Waals surface area contributed by atoms with Crippen molar-refractivity contribution >= 4 is 46.7 Å². The first kappa shape index (κ1) is 20.1. The van der Waals surface area contributed by atoms with Gasteiger partial charge in [0.2, 0.25) is 5.91 Å². The van der Waals surface area contributed by atoms with Gasteiger partial charge in [0.1, 0.15) is 11.2 Å². The van der Waals surface area contributed by atoms with Gasteiger partial charge in [-0.25, -0.2) is 4.79 Å². The minimum atomic E-state index is -0.534. The molecule has 0 bridgehead atoms. The fraction of sp³-hybridized carbons (Fsp3) is 0.389. The third-order valence-corrected chi connectivity index (χ3v) is 5.17. The quantitative estimate of drug-likeness (QED) is 0.709. The number of carbonyl (C=O) groups excluding carboxylic acids is 2. The molecule has 1 N–H and O–H groups in total. The molecule has 0 spiro atoms. The molecule has 0 aromatic carbocycles. The Morgan fingerprint density at radius 2 is 2.15 bits per heavy atom. The molecule has 6 nitrogen and oxygen atoms in total. The molecule has 0 aliphatic heterocycles. The van der Waals surface area contributed by atoms with Gasteiger partial charge in [-0.05, 0) is 30.4 Å². The van der Waals surface area contributed by atoms with E-state index in [0.717, 1.165) is 4.88 Å². The molecule has 1 amide bonds. The number of nitrogens with one attached hydrogen (secondary N) is 1. The Kier molecular flexibility index (Phi) is 7.35. The van der Waals surface area contributed by atoms with Crippen LogP contribution in [0.15, 0.2) is 22.3 Å². The van der Waals surface area contributed by atoms with Gasteiger partial charge in [0.15, 0.2) is 0 Å². The van der Waals surface area contributed by atoms with Crippen LogP contribution in [0, 0.1) is 5.92 Å². The van der Waals surface area contributed by atoms with Crippen LogP contribution in [0.4, 0.5) is 0 Å². The fourth-order valence-corrected chi connectivity index (χ4v) is 3.85. The van der Waals surface area contributed by atoms with E-state index in [1.165, 1.54) is 33.3 Å². The molecular weight excluding hydrogens is 372 g/mol. The molecule has 140 valence electrons. The summed E-state index contributed by atoms with van der Waals surface area (Å²) in [6.07, 6.45) is 3.03. The summed E-state index contributed by atoms with van der Waals surface area (Å²) in [5.41, 5.74) is -0.293. The van der Waals surface area contributed by atoms with Gasteiger partial charge in [-0.1, -0.05) is 19.9 Å². The molecule has 8 heteroatoms. The maximum atomic E-state index is 12.7. The molecule has 0 unspecified atom stereocenters. The Bertz CT molecular complexity index is 924. The zero-order chi connectivity index (χ0) is 19.1. The number of nitrogens with zero attached hydrogens (tertiary/aromatic N) is 1. The zero-order valence-corrected chi connectivity index (χ0v) is 16.6. The van der Waals surface area contributed by atoms with E-state index in [9.17, 15) is 14.4 Å². The molecule has 2 heterocycles. The molecule has 0 aliphatic carbocycles. The standard InChI is InChI=1S/C18H22N2O4S2/c1-4-24-17(22)9-16-20(11-15(21)19-10-12(2)3)18(23)14(26-16)8-13-6-5-7-25-13/h5-9,12H,4,10-11H2,1-3H3,(H,19,21)/b14-8+,16-9+. The van der Waals surface area contributed by atoms with Crippen LogP contribution in [-0.2, 0) is 20.9 Å². The second kappa shape index (κ2) is 9.49. The molecule has 2 rings (SSSR count). The summed E-state index contributed by atoms with van der Waals surface area (Å²) in [7, 11) is 0. The van der Waals surface area contributed by atoms with Crippen molar-refractivity contribution in [3.05, 3.63) is 41.9 Å². The molecule has 0 saturated heterocycles. The van der Waals surface area contributed by atoms with Crippen molar-refractivity contribution in [3.63, 3.8) is 0 Å². The molecule has 0 fully saturated rings. The Hall–Kier alpha value is -2.19. The third kappa shape index (κ3) is 5.67. The smallest absolute Gasteiger partial charge is 0.333 e. The Balaban J connectivity index is 2.43. The van der Waals surface area contributed by atoms with E-state index in [1.54, 1.807) is 13.0 Å². The molecule has 2 aromatic heterocycles. The summed E-state index contributed by atoms with van der Waals surface area (Å²) in [6, 6.07) is 3.80. The van der Waals surface area contributed by atoms with Gasteiger partial charge in [0.05, 0.1) is 17.2 Å². The zero-order valence-electron chi connectivity index (χ0n) is 15.0. The summed E-state index contributed by atoms with van der Waals surface area (Å²) in [5.74, 6) is -0.487. The van der Waals surface area contributed by atoms with Gasteiger partial charge in [-0.3, -0.25) is 14.2 Å². The first-order valence-corrected chi connectivity index (χ1v) is 10.0. The third-order valence-electron chi connectivity index (χ3n) is 3.29. The summed E-state index contributed by atoms with van der Waals surface area (Å²) in [4.78, 5) is 37.6. The largest absolute Gasteiger partial charge is 0.463 e. The summed E-state index contributed by atoms with van der Waals surface area (Å²) < 4.78 is 7.11. The molecule has 0 atom stereocenters. The van der Waals surface area contributed by atoms with E-state index < -0.39 is 5.97 Å². The number of carbonyl (C=O) groups is 2. The number of rotatable bonds is 7. The Labute approximate surface area is 159 Å². The number of hydrogen-bond donors (Lipinski definition) is 1. The maximum absolute atomic E-state index is 12.7. The fourth-order valence-electron chi connectivity index (χ4n) is 2.10. The van der Waals surface area contributed by atoms with Crippen LogP contribution in [0.1, 0.15) is 25.6 Å². The lowest BCUT2D eigenvalue weighted by Gasteiger charge is -2.07. The van der Waals surface area contributed by atoms with Crippen LogP contribution in [0.2, 0.25) is 0 Å². The second-order valence-corrected chi connectivity index (χ2v) is 7.99. The van der Waals surface area contributed by atoms with E-state index >= 15 is 0 Å². The van der Waals surface area contributed by atoms with Crippen molar-refractivity contribution < 1.29 is 14.3 Å². The molecule has 26 heavy (non-hydrogen) atoms. The highest BCUT2D eigenvalue weighted by atomic mass is 32.1. The first-order valence-electron chi connectivity index (χ1n) is 8.30. The van der Waals surface area contributed by atoms with Crippen LogP contribution in [0.25, 0.3) is 12.2 Å². The van der Waals surface area contributed by atoms with E-state index in [0.29, 0.717) is 21.7 Å². The van der Waals surface area contributed by atoms with Crippen LogP contribution < -0.4 is 20.1 Å². The number of thiophene rings is 1. The maximum Gasteiger partial charge on any atom is 0.333 e. The average Bonchev–Trinajstić information content (AvgIpc) is 3.18. The number of amides is 1. The van der Waals surface area contributed by atoms with Gasteiger partial charge in [0, 0.05) is 11.4 Å². The van der Waals surface area contributed by atoms with Crippen molar-refractivity contribution in [3.8, 4) is 0 Å². The summed E-state index contributed by atoms with van der Waals surface area (Å²) in [5, 5.41) is 4.71. The van der Waals surface area contributed by atoms with Crippen molar-refractivity contribution in [1.29, 1.82) is 0 Å². The van der Waals surface area contributed by atoms with Gasteiger partial charge in [-0.2, -0.15) is 0 Å². The Morgan fingerprint density at radius 1 is 1.38 bits per heavy atom. The van der Waals surface area contributed by atoms with E-state index in [2.05, 4.69) is 5.32 Å². The van der Waals surface area contributed by atoms with Gasteiger partial charge < -0.3 is 10.1 Å². The van der Waals surface area contributed by atoms with Crippen molar-refractivity contribution in [2.75, 3.05) is 13.2 Å². The average molecular weight is 395 g/mol. The highest BCUT2D eigenvalue weighted by Crippen LogP contribution is 2.08. The summed E-state index contributed by atoms with van der Waals surface area (Å²) >= 11 is 2.68. The number of ether oxygens (including phenoxy) is 1. The van der Waals surface area contributed by atoms with Crippen LogP contribution >= 0.6 is 22.7 Å². The predicted molar refractivity (Wildman–Crippen MR) is 105 cm³/mol. The van der Waals surface area contributed by atoms with Crippen LogP contribution in [0.3, 0.4) is 0 Å². The monoisotopic (exact) mass is 394 g/mol. The highest BCUT2D eigenvalue weighted by Gasteiger charge is 2.11. The lowest BCUT2D eigenvalue weighted by molar-refractivity contribution is -0.135. The minimum Gasteiger partial charge on any atom is -0.463 e. The lowest BCUT2D eigenvalue weighted by Crippen LogP contribution is -2.39. The van der Waals surface area contributed by atoms with Crippen molar-refractivity contribution in [1.82, 2.24) is 9.88 Å². The molecule has 0 aliphatic rings. The number of hydrogen-bond acceptors (Lipinski definition) is 6. The number of esters is 1. The highest BCUT2D eigenvalue weighted by molar-refractivity contribution is 7.11. The Morgan fingerprint density at radius 3 is 2.77 bits per heavy atom. The van der Waals surface area contributed by atoms with Crippen molar-refractivity contribution in [2.45, 2.75) is 27.3 Å². The normalized spacial score (nSPS) is 12.6. The SMILES string of the molecule is CCOC(=O)/C=c1/s/c(=C/c2cccs2)c(=O)n1CC(=O)NCC(C)C. The predicted octanol–water partition coefficient (Wildman–Crippen LogP) is 0.916. The minimum absolute atomic E-state index is 0.133. The summed E-state index contributed by atoms with van der Waals surface area (Å²) in [6.45, 7) is 6.33. The first-order chi connectivity index (χ1) is 12.4. The topological polar surface area (TPSA) is 77.4 Å². The van der Waals surface area contributed by atoms with Gasteiger partial charge >= 0.3 is 5.97 Å². The number of thiazole rings is 1. The van der Waals surface area contributed by atoms with E-state index in [1.807, 2.05) is 31.4 Å². The van der Waals surface area contributed by atoms with E-state index in [4.69, 9.17) is 4.74 Å². The van der Waals surface area contributed by atoms with Crippen LogP contribution in [-0.4, -0.2) is 29.6 Å². The molecule has 0 radical (unpaired) electrons. The second-order valence-electron chi connectivity index (χ2n) is 5.95. The molecule has 0 saturated carbocycles.